The Morgan fingerprint density at radius 2 is 2.27 bits per heavy atom. The van der Waals surface area contributed by atoms with Crippen molar-refractivity contribution in [2.75, 3.05) is 13.2 Å². The van der Waals surface area contributed by atoms with Crippen molar-refractivity contribution in [2.45, 2.75) is 39.7 Å². The second-order valence-electron chi connectivity index (χ2n) is 3.47. The van der Waals surface area contributed by atoms with Gasteiger partial charge < -0.3 is 0 Å². The van der Waals surface area contributed by atoms with Crippen molar-refractivity contribution in [1.29, 1.82) is 0 Å². The molecule has 0 N–H and O–H groups in total. The van der Waals surface area contributed by atoms with Crippen LogP contribution in [0.15, 0.2) is 0 Å². The van der Waals surface area contributed by atoms with E-state index in [0.717, 1.165) is 19.1 Å². The Morgan fingerprint density at radius 3 is 2.64 bits per heavy atom. The van der Waals surface area contributed by atoms with Crippen LogP contribution in [0.3, 0.4) is 0 Å². The van der Waals surface area contributed by atoms with E-state index in [-0.39, 0.29) is 0 Å². The van der Waals surface area contributed by atoms with Crippen LogP contribution >= 0.6 is 0 Å². The molecule has 0 bridgehead atoms. The van der Waals surface area contributed by atoms with Crippen molar-refractivity contribution in [2.24, 2.45) is 5.92 Å². The standard InChI is InChI=1S/C9H19NO/c1-4-8(3)6-10-9(5-2)7-11-10/h8-9H,4-7H2,1-3H3. The fourth-order valence-corrected chi connectivity index (χ4v) is 1.24. The molecule has 1 aliphatic rings. The Kier molecular flexibility index (Phi) is 3.34. The van der Waals surface area contributed by atoms with Crippen LogP contribution in [0.25, 0.3) is 0 Å². The van der Waals surface area contributed by atoms with Gasteiger partial charge in [-0.1, -0.05) is 27.2 Å². The summed E-state index contributed by atoms with van der Waals surface area (Å²) in [6.07, 6.45) is 2.47. The highest BCUT2D eigenvalue weighted by Crippen LogP contribution is 2.18. The minimum absolute atomic E-state index is 0.698. The lowest BCUT2D eigenvalue weighted by molar-refractivity contribution is -0.293. The molecule has 0 aromatic heterocycles. The molecule has 2 nitrogen and oxygen atoms in total. The molecule has 2 heteroatoms. The Labute approximate surface area is 69.5 Å². The van der Waals surface area contributed by atoms with Gasteiger partial charge in [0.15, 0.2) is 0 Å². The van der Waals surface area contributed by atoms with E-state index in [4.69, 9.17) is 4.84 Å². The average Bonchev–Trinajstić information content (AvgIpc) is 1.98. The third-order valence-electron chi connectivity index (χ3n) is 2.50. The van der Waals surface area contributed by atoms with Crippen molar-refractivity contribution < 1.29 is 4.84 Å². The Morgan fingerprint density at radius 1 is 1.55 bits per heavy atom. The number of hydrogen-bond donors (Lipinski definition) is 0. The zero-order valence-corrected chi connectivity index (χ0v) is 7.84. The SMILES string of the molecule is CCC(C)CN1OCC1CC. The first kappa shape index (κ1) is 9.01. The summed E-state index contributed by atoms with van der Waals surface area (Å²) in [6.45, 7) is 8.76. The maximum atomic E-state index is 5.34. The number of rotatable bonds is 4. The smallest absolute Gasteiger partial charge is 0.0863 e. The van der Waals surface area contributed by atoms with Crippen LogP contribution in [0, 0.1) is 5.92 Å². The first-order valence-corrected chi connectivity index (χ1v) is 4.67. The number of hydrogen-bond acceptors (Lipinski definition) is 2. The van der Waals surface area contributed by atoms with E-state index in [9.17, 15) is 0 Å². The fraction of sp³-hybridized carbons (Fsp3) is 1.00. The van der Waals surface area contributed by atoms with Crippen molar-refractivity contribution in [1.82, 2.24) is 5.06 Å². The van der Waals surface area contributed by atoms with Gasteiger partial charge in [0.05, 0.1) is 12.6 Å². The molecule has 11 heavy (non-hydrogen) atoms. The molecule has 1 heterocycles. The quantitative estimate of drug-likeness (QED) is 0.619. The van der Waals surface area contributed by atoms with Gasteiger partial charge >= 0.3 is 0 Å². The highest BCUT2D eigenvalue weighted by atomic mass is 16.7. The van der Waals surface area contributed by atoms with Crippen LogP contribution in [0.4, 0.5) is 0 Å². The van der Waals surface area contributed by atoms with E-state index in [1.807, 2.05) is 0 Å². The van der Waals surface area contributed by atoms with Gasteiger partial charge in [0.25, 0.3) is 0 Å². The van der Waals surface area contributed by atoms with Gasteiger partial charge in [-0.2, -0.15) is 5.06 Å². The van der Waals surface area contributed by atoms with E-state index in [1.54, 1.807) is 0 Å². The van der Waals surface area contributed by atoms with Crippen molar-refractivity contribution >= 4 is 0 Å². The molecule has 0 aliphatic carbocycles. The lowest BCUT2D eigenvalue weighted by atomic mass is 10.1. The number of hydroxylamine groups is 2. The average molecular weight is 157 g/mol. The molecule has 1 fully saturated rings. The third-order valence-corrected chi connectivity index (χ3v) is 2.50. The number of nitrogens with zero attached hydrogens (tertiary/aromatic N) is 1. The predicted molar refractivity (Wildman–Crippen MR) is 46.2 cm³/mol. The summed E-state index contributed by atoms with van der Waals surface area (Å²) < 4.78 is 0. The molecule has 0 radical (unpaired) electrons. The second kappa shape index (κ2) is 4.07. The summed E-state index contributed by atoms with van der Waals surface area (Å²) in [5, 5.41) is 2.13. The molecule has 2 atom stereocenters. The van der Waals surface area contributed by atoms with E-state index < -0.39 is 0 Å². The molecule has 0 saturated carbocycles. The highest BCUT2D eigenvalue weighted by Gasteiger charge is 2.28. The maximum absolute atomic E-state index is 5.34. The fourth-order valence-electron chi connectivity index (χ4n) is 1.24. The van der Waals surface area contributed by atoms with Crippen molar-refractivity contribution in [3.8, 4) is 0 Å². The summed E-state index contributed by atoms with van der Waals surface area (Å²) in [7, 11) is 0. The molecule has 1 rings (SSSR count). The molecule has 2 unspecified atom stereocenters. The minimum atomic E-state index is 0.698. The lowest BCUT2D eigenvalue weighted by Crippen LogP contribution is -2.51. The molecule has 1 saturated heterocycles. The molecule has 0 spiro atoms. The molecular weight excluding hydrogens is 138 g/mol. The second-order valence-corrected chi connectivity index (χ2v) is 3.47. The van der Waals surface area contributed by atoms with Crippen LogP contribution in [-0.2, 0) is 4.84 Å². The minimum Gasteiger partial charge on any atom is -0.297 e. The van der Waals surface area contributed by atoms with Crippen LogP contribution in [0.1, 0.15) is 33.6 Å². The summed E-state index contributed by atoms with van der Waals surface area (Å²) >= 11 is 0. The maximum Gasteiger partial charge on any atom is 0.0863 e. The predicted octanol–water partition coefficient (Wildman–Crippen LogP) is 2.06. The van der Waals surface area contributed by atoms with Crippen LogP contribution < -0.4 is 0 Å². The van der Waals surface area contributed by atoms with Crippen molar-refractivity contribution in [3.05, 3.63) is 0 Å². The van der Waals surface area contributed by atoms with E-state index in [0.29, 0.717) is 6.04 Å². The summed E-state index contributed by atoms with van der Waals surface area (Å²) in [5.41, 5.74) is 0. The molecule has 66 valence electrons. The zero-order valence-electron chi connectivity index (χ0n) is 7.84. The van der Waals surface area contributed by atoms with Crippen molar-refractivity contribution in [3.63, 3.8) is 0 Å². The van der Waals surface area contributed by atoms with Gasteiger partial charge in [-0.15, -0.1) is 0 Å². The van der Waals surface area contributed by atoms with Gasteiger partial charge in [0.2, 0.25) is 0 Å². The highest BCUT2D eigenvalue weighted by molar-refractivity contribution is 4.71. The van der Waals surface area contributed by atoms with E-state index >= 15 is 0 Å². The molecular formula is C9H19NO. The van der Waals surface area contributed by atoms with Crippen LogP contribution in [0.2, 0.25) is 0 Å². The zero-order chi connectivity index (χ0) is 8.27. The Hall–Kier alpha value is -0.0800. The summed E-state index contributed by atoms with van der Waals surface area (Å²) in [4.78, 5) is 5.34. The monoisotopic (exact) mass is 157 g/mol. The topological polar surface area (TPSA) is 12.5 Å². The largest absolute Gasteiger partial charge is 0.297 e. The molecule has 0 aromatic carbocycles. The third kappa shape index (κ3) is 2.17. The van der Waals surface area contributed by atoms with E-state index in [2.05, 4.69) is 25.8 Å². The van der Waals surface area contributed by atoms with Crippen LogP contribution in [-0.4, -0.2) is 24.3 Å². The summed E-state index contributed by atoms with van der Waals surface area (Å²) in [5.74, 6) is 0.768. The van der Waals surface area contributed by atoms with Crippen LogP contribution in [0.5, 0.6) is 0 Å². The Balaban J connectivity index is 2.16. The first-order valence-electron chi connectivity index (χ1n) is 4.67. The van der Waals surface area contributed by atoms with Gasteiger partial charge in [-0.05, 0) is 12.3 Å². The van der Waals surface area contributed by atoms with Gasteiger partial charge in [0.1, 0.15) is 0 Å². The molecule has 0 amide bonds. The Bertz CT molecular complexity index is 114. The normalized spacial score (nSPS) is 28.1. The van der Waals surface area contributed by atoms with Gasteiger partial charge in [0, 0.05) is 6.54 Å². The molecule has 0 aromatic rings. The van der Waals surface area contributed by atoms with Gasteiger partial charge in [-0.25, -0.2) is 0 Å². The molecule has 1 aliphatic heterocycles. The van der Waals surface area contributed by atoms with Gasteiger partial charge in [-0.3, -0.25) is 4.84 Å². The summed E-state index contributed by atoms with van der Waals surface area (Å²) in [6, 6.07) is 0.698. The lowest BCUT2D eigenvalue weighted by Gasteiger charge is -2.40. The first-order chi connectivity index (χ1) is 5.27. The van der Waals surface area contributed by atoms with E-state index in [1.165, 1.54) is 12.8 Å².